The van der Waals surface area contributed by atoms with E-state index in [0.717, 1.165) is 51.4 Å². The third kappa shape index (κ3) is 14.6. The molecule has 25 heavy (non-hydrogen) atoms. The molecule has 0 aromatic carbocycles. The maximum atomic E-state index is 12.8. The van der Waals surface area contributed by atoms with Crippen molar-refractivity contribution in [2.24, 2.45) is 0 Å². The van der Waals surface area contributed by atoms with E-state index >= 15 is 0 Å². The molecule has 144 valence electrons. The molecule has 0 aromatic heterocycles. The molecule has 0 aliphatic carbocycles. The molecule has 0 spiro atoms. The van der Waals surface area contributed by atoms with Gasteiger partial charge in [-0.25, -0.2) is 4.79 Å². The molecular formula is C20H32F2O3. The Labute approximate surface area is 150 Å². The molecule has 3 nitrogen and oxygen atoms in total. The first-order chi connectivity index (χ1) is 11.9. The fourth-order valence-electron chi connectivity index (χ4n) is 2.20. The highest BCUT2D eigenvalue weighted by molar-refractivity contribution is 5.75. The number of hydrogen-bond acceptors (Lipinski definition) is 2. The number of aliphatic hydroxyl groups is 1. The summed E-state index contributed by atoms with van der Waals surface area (Å²) in [4.78, 5) is 10.2. The molecule has 0 radical (unpaired) electrons. The number of alkyl halides is 2. The molecule has 0 saturated carbocycles. The van der Waals surface area contributed by atoms with Gasteiger partial charge in [0, 0.05) is 6.42 Å². The van der Waals surface area contributed by atoms with Gasteiger partial charge < -0.3 is 10.2 Å². The van der Waals surface area contributed by atoms with Crippen molar-refractivity contribution in [1.29, 1.82) is 0 Å². The minimum Gasteiger partial charge on any atom is -0.477 e. The van der Waals surface area contributed by atoms with E-state index in [1.807, 2.05) is 30.4 Å². The van der Waals surface area contributed by atoms with Crippen LogP contribution in [0.4, 0.5) is 8.78 Å². The van der Waals surface area contributed by atoms with E-state index in [1.54, 1.807) is 6.08 Å². The Hall–Kier alpha value is -1.49. The summed E-state index contributed by atoms with van der Waals surface area (Å²) in [5, 5.41) is 18.0. The van der Waals surface area contributed by atoms with Crippen LogP contribution in [-0.2, 0) is 4.79 Å². The van der Waals surface area contributed by atoms with Crippen LogP contribution in [0.5, 0.6) is 0 Å². The molecule has 0 aromatic rings. The van der Waals surface area contributed by atoms with Crippen LogP contribution in [0.3, 0.4) is 0 Å². The lowest BCUT2D eigenvalue weighted by molar-refractivity contribution is -0.165. The van der Waals surface area contributed by atoms with Crippen molar-refractivity contribution in [2.45, 2.75) is 83.2 Å². The number of allylic oxidation sites excluding steroid dienone is 5. The predicted octanol–water partition coefficient (Wildman–Crippen LogP) is 5.66. The van der Waals surface area contributed by atoms with Crippen molar-refractivity contribution in [2.75, 3.05) is 0 Å². The summed E-state index contributed by atoms with van der Waals surface area (Å²) < 4.78 is 25.6. The Morgan fingerprint density at radius 2 is 1.64 bits per heavy atom. The van der Waals surface area contributed by atoms with E-state index in [0.29, 0.717) is 0 Å². The lowest BCUT2D eigenvalue weighted by Crippen LogP contribution is -2.27. The van der Waals surface area contributed by atoms with Crippen LogP contribution in [0.25, 0.3) is 0 Å². The van der Waals surface area contributed by atoms with Gasteiger partial charge in [0.2, 0.25) is 0 Å². The average molecular weight is 358 g/mol. The number of carboxylic acid groups (broad SMARTS) is 1. The molecule has 0 rings (SSSR count). The molecule has 0 aliphatic rings. The zero-order valence-corrected chi connectivity index (χ0v) is 15.2. The largest absolute Gasteiger partial charge is 0.477 e. The van der Waals surface area contributed by atoms with Gasteiger partial charge >= 0.3 is 11.9 Å². The molecule has 0 amide bonds. The molecule has 0 heterocycles. The van der Waals surface area contributed by atoms with Crippen LogP contribution in [0.15, 0.2) is 36.5 Å². The van der Waals surface area contributed by atoms with Gasteiger partial charge in [-0.05, 0) is 38.5 Å². The maximum absolute atomic E-state index is 12.8. The number of rotatable bonds is 15. The second kappa shape index (κ2) is 14.8. The molecule has 0 fully saturated rings. The Morgan fingerprint density at radius 3 is 2.28 bits per heavy atom. The SMILES string of the molecule is CCCCC[C@H](O)/C=C/C=C/CCCC/C=C/CCC(F)(F)C(=O)O. The first-order valence-corrected chi connectivity index (χ1v) is 9.17. The van der Waals surface area contributed by atoms with E-state index in [1.165, 1.54) is 0 Å². The Bertz CT molecular complexity index is 429. The van der Waals surface area contributed by atoms with Crippen molar-refractivity contribution in [3.05, 3.63) is 36.5 Å². The van der Waals surface area contributed by atoms with Crippen LogP contribution in [0, 0.1) is 0 Å². The summed E-state index contributed by atoms with van der Waals surface area (Å²) in [6.45, 7) is 2.14. The lowest BCUT2D eigenvalue weighted by Gasteiger charge is -2.08. The van der Waals surface area contributed by atoms with Crippen molar-refractivity contribution in [1.82, 2.24) is 0 Å². The summed E-state index contributed by atoms with van der Waals surface area (Å²) in [6.07, 6.45) is 18.0. The highest BCUT2D eigenvalue weighted by Crippen LogP contribution is 2.20. The zero-order valence-electron chi connectivity index (χ0n) is 15.2. The number of aliphatic carboxylic acids is 1. The van der Waals surface area contributed by atoms with Crippen LogP contribution < -0.4 is 0 Å². The van der Waals surface area contributed by atoms with Gasteiger partial charge in [0.05, 0.1) is 6.10 Å². The fraction of sp³-hybridized carbons (Fsp3) is 0.650. The summed E-state index contributed by atoms with van der Waals surface area (Å²) >= 11 is 0. The number of carboxylic acids is 1. The second-order valence-electron chi connectivity index (χ2n) is 6.18. The molecule has 2 N–H and O–H groups in total. The Morgan fingerprint density at radius 1 is 1.00 bits per heavy atom. The minimum atomic E-state index is -3.63. The highest BCUT2D eigenvalue weighted by atomic mass is 19.3. The van der Waals surface area contributed by atoms with Gasteiger partial charge in [0.25, 0.3) is 0 Å². The molecule has 0 unspecified atom stereocenters. The van der Waals surface area contributed by atoms with E-state index in [2.05, 4.69) is 6.92 Å². The van der Waals surface area contributed by atoms with E-state index < -0.39 is 18.3 Å². The van der Waals surface area contributed by atoms with Gasteiger partial charge in [-0.2, -0.15) is 8.78 Å². The van der Waals surface area contributed by atoms with Gasteiger partial charge in [0.1, 0.15) is 0 Å². The highest BCUT2D eigenvalue weighted by Gasteiger charge is 2.37. The van der Waals surface area contributed by atoms with Crippen molar-refractivity contribution >= 4 is 5.97 Å². The fourth-order valence-corrected chi connectivity index (χ4v) is 2.20. The summed E-state index contributed by atoms with van der Waals surface area (Å²) in [7, 11) is 0. The molecule has 0 aliphatic heterocycles. The monoisotopic (exact) mass is 358 g/mol. The Kier molecular flexibility index (Phi) is 13.9. The smallest absolute Gasteiger partial charge is 0.374 e. The quantitative estimate of drug-likeness (QED) is 0.226. The lowest BCUT2D eigenvalue weighted by atomic mass is 10.1. The van der Waals surface area contributed by atoms with E-state index in [-0.39, 0.29) is 12.5 Å². The van der Waals surface area contributed by atoms with Gasteiger partial charge in [-0.3, -0.25) is 0 Å². The summed E-state index contributed by atoms with van der Waals surface area (Å²) in [5.74, 6) is -5.69. The van der Waals surface area contributed by atoms with E-state index in [9.17, 15) is 18.7 Å². The van der Waals surface area contributed by atoms with Crippen LogP contribution in [0.1, 0.15) is 71.1 Å². The third-order valence-corrected chi connectivity index (χ3v) is 3.78. The van der Waals surface area contributed by atoms with Crippen LogP contribution in [0.2, 0.25) is 0 Å². The first-order valence-electron chi connectivity index (χ1n) is 9.17. The number of hydrogen-bond donors (Lipinski definition) is 2. The normalized spacial score (nSPS) is 14.1. The molecule has 0 saturated heterocycles. The number of unbranched alkanes of at least 4 members (excludes halogenated alkanes) is 5. The number of aliphatic hydroxyl groups excluding tert-OH is 1. The topological polar surface area (TPSA) is 57.5 Å². The molecule has 0 bridgehead atoms. The average Bonchev–Trinajstić information content (AvgIpc) is 2.55. The maximum Gasteiger partial charge on any atom is 0.374 e. The minimum absolute atomic E-state index is 0.0740. The zero-order chi connectivity index (χ0) is 19.0. The third-order valence-electron chi connectivity index (χ3n) is 3.78. The van der Waals surface area contributed by atoms with E-state index in [4.69, 9.17) is 5.11 Å². The van der Waals surface area contributed by atoms with Crippen molar-refractivity contribution in [3.63, 3.8) is 0 Å². The second-order valence-corrected chi connectivity index (χ2v) is 6.18. The summed E-state index contributed by atoms with van der Waals surface area (Å²) in [5.41, 5.74) is 0. The number of halogens is 2. The standard InChI is InChI=1S/C20H32F2O3/c1-2-3-12-15-18(23)16-13-10-8-6-4-5-7-9-11-14-17-20(21,22)19(24)25/h8-11,13,16,18,23H,2-7,12,14-15,17H2,1H3,(H,24,25)/b10-8+,11-9+,16-13+/t18-/m0/s1. The first kappa shape index (κ1) is 23.5. The van der Waals surface area contributed by atoms with Gasteiger partial charge in [-0.1, -0.05) is 62.6 Å². The van der Waals surface area contributed by atoms with Crippen molar-refractivity contribution < 1.29 is 23.8 Å². The Balaban J connectivity index is 3.60. The summed E-state index contributed by atoms with van der Waals surface area (Å²) in [6, 6.07) is 0. The van der Waals surface area contributed by atoms with Gasteiger partial charge in [-0.15, -0.1) is 0 Å². The van der Waals surface area contributed by atoms with Crippen molar-refractivity contribution in [3.8, 4) is 0 Å². The van der Waals surface area contributed by atoms with Crippen LogP contribution >= 0.6 is 0 Å². The molecule has 5 heteroatoms. The van der Waals surface area contributed by atoms with Crippen LogP contribution in [-0.4, -0.2) is 28.2 Å². The number of carbonyl (C=O) groups is 1. The predicted molar refractivity (Wildman–Crippen MR) is 97.9 cm³/mol. The molecule has 1 atom stereocenters. The molecular weight excluding hydrogens is 326 g/mol. The van der Waals surface area contributed by atoms with Gasteiger partial charge in [0.15, 0.2) is 0 Å².